The fraction of sp³-hybridized carbons (Fsp3) is 0.538. The van der Waals surface area contributed by atoms with Crippen molar-refractivity contribution in [3.05, 3.63) is 29.8 Å². The summed E-state index contributed by atoms with van der Waals surface area (Å²) in [7, 11) is 0. The van der Waals surface area contributed by atoms with E-state index in [1.165, 1.54) is 0 Å². The number of anilines is 1. The van der Waals surface area contributed by atoms with Gasteiger partial charge in [-0.2, -0.15) is 0 Å². The van der Waals surface area contributed by atoms with Gasteiger partial charge < -0.3 is 15.2 Å². The number of hydrogen-bond acceptors (Lipinski definition) is 3. The summed E-state index contributed by atoms with van der Waals surface area (Å²) in [5, 5.41) is 12.4. The van der Waals surface area contributed by atoms with Crippen molar-refractivity contribution in [3.8, 4) is 0 Å². The van der Waals surface area contributed by atoms with Gasteiger partial charge in [-0.25, -0.2) is 0 Å². The molecule has 0 bridgehead atoms. The molecule has 1 fully saturated rings. The quantitative estimate of drug-likeness (QED) is 0.817. The number of ether oxygens (including phenoxy) is 1. The van der Waals surface area contributed by atoms with E-state index in [1.54, 1.807) is 0 Å². The van der Waals surface area contributed by atoms with Crippen molar-refractivity contribution in [3.63, 3.8) is 0 Å². The average Bonchev–Trinajstić information content (AvgIpc) is 2.83. The first-order chi connectivity index (χ1) is 7.79. The van der Waals surface area contributed by atoms with Gasteiger partial charge in [-0.15, -0.1) is 0 Å². The first-order valence-electron chi connectivity index (χ1n) is 5.83. The molecule has 1 aliphatic rings. The Hall–Kier alpha value is -1.06. The molecular weight excluding hydrogens is 202 g/mol. The molecule has 2 rings (SSSR count). The minimum absolute atomic E-state index is 0.103. The lowest BCUT2D eigenvalue weighted by atomic mass is 10.0. The van der Waals surface area contributed by atoms with Gasteiger partial charge in [-0.05, 0) is 31.0 Å². The molecule has 1 aliphatic heterocycles. The summed E-state index contributed by atoms with van der Waals surface area (Å²) < 4.78 is 5.38. The average molecular weight is 221 g/mol. The maximum Gasteiger partial charge on any atom is 0.0681 e. The zero-order chi connectivity index (χ0) is 11.4. The topological polar surface area (TPSA) is 41.5 Å². The molecule has 2 unspecified atom stereocenters. The number of rotatable bonds is 4. The van der Waals surface area contributed by atoms with Crippen molar-refractivity contribution < 1.29 is 9.84 Å². The molecule has 0 amide bonds. The normalized spacial score (nSPS) is 22.0. The van der Waals surface area contributed by atoms with Gasteiger partial charge in [-0.1, -0.05) is 12.1 Å². The summed E-state index contributed by atoms with van der Waals surface area (Å²) in [6.07, 6.45) is 1.14. The van der Waals surface area contributed by atoms with Crippen molar-refractivity contribution in [2.45, 2.75) is 26.0 Å². The molecule has 1 aromatic rings. The van der Waals surface area contributed by atoms with Crippen LogP contribution in [0.1, 0.15) is 18.9 Å². The van der Waals surface area contributed by atoms with Crippen molar-refractivity contribution >= 4 is 5.69 Å². The molecule has 0 spiro atoms. The van der Waals surface area contributed by atoms with E-state index in [9.17, 15) is 0 Å². The predicted octanol–water partition coefficient (Wildman–Crippen LogP) is 2.02. The summed E-state index contributed by atoms with van der Waals surface area (Å²) >= 11 is 0. The Kier molecular flexibility index (Phi) is 3.80. The highest BCUT2D eigenvalue weighted by molar-refractivity contribution is 5.45. The summed E-state index contributed by atoms with van der Waals surface area (Å²) in [5.41, 5.74) is 2.05. The third-order valence-corrected chi connectivity index (χ3v) is 3.20. The maximum absolute atomic E-state index is 8.95. The van der Waals surface area contributed by atoms with Crippen LogP contribution in [0, 0.1) is 5.92 Å². The highest BCUT2D eigenvalue weighted by atomic mass is 16.5. The first-order valence-corrected chi connectivity index (χ1v) is 5.83. The van der Waals surface area contributed by atoms with Crippen LogP contribution in [0.25, 0.3) is 0 Å². The molecule has 3 heteroatoms. The van der Waals surface area contributed by atoms with E-state index < -0.39 is 0 Å². The van der Waals surface area contributed by atoms with Crippen LogP contribution < -0.4 is 5.32 Å². The van der Waals surface area contributed by atoms with Crippen LogP contribution in [0.15, 0.2) is 24.3 Å². The van der Waals surface area contributed by atoms with Gasteiger partial charge in [-0.3, -0.25) is 0 Å². The van der Waals surface area contributed by atoms with E-state index in [0.717, 1.165) is 30.9 Å². The number of nitrogens with one attached hydrogen (secondary N) is 1. The van der Waals surface area contributed by atoms with Gasteiger partial charge in [0.25, 0.3) is 0 Å². The molecule has 88 valence electrons. The molecule has 16 heavy (non-hydrogen) atoms. The molecule has 1 aromatic carbocycles. The van der Waals surface area contributed by atoms with Gasteiger partial charge in [0.1, 0.15) is 0 Å². The van der Waals surface area contributed by atoms with Crippen LogP contribution in [-0.4, -0.2) is 24.4 Å². The molecule has 1 heterocycles. The van der Waals surface area contributed by atoms with Crippen LogP contribution >= 0.6 is 0 Å². The number of aliphatic hydroxyl groups excluding tert-OH is 1. The second kappa shape index (κ2) is 5.32. The molecule has 2 N–H and O–H groups in total. The van der Waals surface area contributed by atoms with Gasteiger partial charge in [0.05, 0.1) is 13.2 Å². The number of aliphatic hydroxyl groups is 1. The van der Waals surface area contributed by atoms with Crippen LogP contribution in [0.2, 0.25) is 0 Å². The van der Waals surface area contributed by atoms with Crippen molar-refractivity contribution in [2.24, 2.45) is 5.92 Å². The summed E-state index contributed by atoms with van der Waals surface area (Å²) in [5.74, 6) is 0.609. The Bertz CT molecular complexity index is 317. The van der Waals surface area contributed by atoms with Crippen molar-refractivity contribution in [1.29, 1.82) is 0 Å². The second-order valence-electron chi connectivity index (χ2n) is 4.41. The molecule has 0 saturated carbocycles. The highest BCUT2D eigenvalue weighted by Gasteiger charge is 2.21. The zero-order valence-corrected chi connectivity index (χ0v) is 9.65. The Morgan fingerprint density at radius 3 is 2.75 bits per heavy atom. The lowest BCUT2D eigenvalue weighted by molar-refractivity contribution is 0.183. The minimum atomic E-state index is 0.103. The fourth-order valence-corrected chi connectivity index (χ4v) is 2.03. The smallest absolute Gasteiger partial charge is 0.0681 e. The number of benzene rings is 1. The Labute approximate surface area is 96.4 Å². The second-order valence-corrected chi connectivity index (χ2v) is 4.41. The monoisotopic (exact) mass is 221 g/mol. The molecule has 0 radical (unpaired) electrons. The Balaban J connectivity index is 1.92. The van der Waals surface area contributed by atoms with Gasteiger partial charge in [0.2, 0.25) is 0 Å². The lowest BCUT2D eigenvalue weighted by Crippen LogP contribution is -2.26. The molecule has 3 nitrogen and oxygen atoms in total. The lowest BCUT2D eigenvalue weighted by Gasteiger charge is -2.20. The van der Waals surface area contributed by atoms with E-state index >= 15 is 0 Å². The molecule has 2 atom stereocenters. The molecule has 0 aromatic heterocycles. The zero-order valence-electron chi connectivity index (χ0n) is 9.65. The van der Waals surface area contributed by atoms with E-state index in [2.05, 4.69) is 12.2 Å². The summed E-state index contributed by atoms with van der Waals surface area (Å²) in [4.78, 5) is 0. The SMILES string of the molecule is CC(Nc1ccc(CO)cc1)C1CCOC1. The van der Waals surface area contributed by atoms with E-state index in [4.69, 9.17) is 9.84 Å². The van der Waals surface area contributed by atoms with Crippen LogP contribution in [0.3, 0.4) is 0 Å². The maximum atomic E-state index is 8.95. The molecule has 0 aliphatic carbocycles. The van der Waals surface area contributed by atoms with Crippen molar-refractivity contribution in [2.75, 3.05) is 18.5 Å². The summed E-state index contributed by atoms with van der Waals surface area (Å²) in [6.45, 7) is 4.05. The summed E-state index contributed by atoms with van der Waals surface area (Å²) in [6, 6.07) is 8.35. The third-order valence-electron chi connectivity index (χ3n) is 3.20. The van der Waals surface area contributed by atoms with Gasteiger partial charge in [0.15, 0.2) is 0 Å². The van der Waals surface area contributed by atoms with Crippen molar-refractivity contribution in [1.82, 2.24) is 0 Å². The number of hydrogen-bond donors (Lipinski definition) is 2. The molecular formula is C13H19NO2. The Morgan fingerprint density at radius 2 is 2.19 bits per heavy atom. The fourth-order valence-electron chi connectivity index (χ4n) is 2.03. The van der Waals surface area contributed by atoms with Crippen LogP contribution in [0.4, 0.5) is 5.69 Å². The van der Waals surface area contributed by atoms with E-state index in [0.29, 0.717) is 12.0 Å². The van der Waals surface area contributed by atoms with Gasteiger partial charge >= 0.3 is 0 Å². The first kappa shape index (κ1) is 11.4. The van der Waals surface area contributed by atoms with E-state index in [-0.39, 0.29) is 6.61 Å². The Morgan fingerprint density at radius 1 is 1.44 bits per heavy atom. The van der Waals surface area contributed by atoms with E-state index in [1.807, 2.05) is 24.3 Å². The largest absolute Gasteiger partial charge is 0.392 e. The van der Waals surface area contributed by atoms with Crippen LogP contribution in [-0.2, 0) is 11.3 Å². The highest BCUT2D eigenvalue weighted by Crippen LogP contribution is 2.20. The third kappa shape index (κ3) is 2.74. The van der Waals surface area contributed by atoms with Crippen LogP contribution in [0.5, 0.6) is 0 Å². The predicted molar refractivity (Wildman–Crippen MR) is 64.4 cm³/mol. The standard InChI is InChI=1S/C13H19NO2/c1-10(12-6-7-16-9-12)14-13-4-2-11(8-15)3-5-13/h2-5,10,12,14-15H,6-9H2,1H3. The molecule has 1 saturated heterocycles. The van der Waals surface area contributed by atoms with Gasteiger partial charge in [0, 0.05) is 24.3 Å². The minimum Gasteiger partial charge on any atom is -0.392 e.